The second-order valence-electron chi connectivity index (χ2n) is 8.68. The van der Waals surface area contributed by atoms with Crippen molar-refractivity contribution >= 4 is 11.7 Å². The second kappa shape index (κ2) is 8.76. The van der Waals surface area contributed by atoms with E-state index in [1.807, 2.05) is 0 Å². The van der Waals surface area contributed by atoms with E-state index in [9.17, 15) is 9.59 Å². The normalized spacial score (nSPS) is 11.5. The smallest absolute Gasteiger partial charge is 0.220 e. The minimum atomic E-state index is -0.0137. The molecule has 4 nitrogen and oxygen atoms in total. The van der Waals surface area contributed by atoms with E-state index >= 15 is 0 Å². The van der Waals surface area contributed by atoms with E-state index in [0.717, 1.165) is 6.42 Å². The Labute approximate surface area is 168 Å². The van der Waals surface area contributed by atoms with Gasteiger partial charge in [0.05, 0.1) is 5.56 Å². The van der Waals surface area contributed by atoms with Crippen LogP contribution in [0.25, 0.3) is 0 Å². The van der Waals surface area contributed by atoms with Crippen LogP contribution in [0.1, 0.15) is 78.2 Å². The van der Waals surface area contributed by atoms with Crippen molar-refractivity contribution in [1.29, 1.82) is 0 Å². The summed E-state index contributed by atoms with van der Waals surface area (Å²) < 4.78 is 5.57. The lowest BCUT2D eigenvalue weighted by atomic mass is 9.83. The van der Waals surface area contributed by atoms with Gasteiger partial charge in [-0.25, -0.2) is 0 Å². The third kappa shape index (κ3) is 5.57. The van der Waals surface area contributed by atoms with Crippen LogP contribution in [0.2, 0.25) is 0 Å². The fraction of sp³-hybridized carbons (Fsp3) is 0.500. The van der Waals surface area contributed by atoms with E-state index in [0.29, 0.717) is 36.5 Å². The zero-order valence-corrected chi connectivity index (χ0v) is 18.3. The van der Waals surface area contributed by atoms with Crippen molar-refractivity contribution in [3.05, 3.63) is 57.5 Å². The molecule has 28 heavy (non-hydrogen) atoms. The minimum absolute atomic E-state index is 0.0000425. The molecule has 1 aromatic carbocycles. The van der Waals surface area contributed by atoms with Gasteiger partial charge in [0.15, 0.2) is 5.78 Å². The predicted molar refractivity (Wildman–Crippen MR) is 113 cm³/mol. The number of Topliss-reactive ketones (excluding diaryl/α,β-unsaturated/α-hetero) is 1. The molecule has 0 bridgehead atoms. The number of nitrogens with one attached hydrogen (secondary N) is 1. The Balaban J connectivity index is 1.87. The third-order valence-corrected chi connectivity index (χ3v) is 5.21. The van der Waals surface area contributed by atoms with Gasteiger partial charge >= 0.3 is 0 Å². The van der Waals surface area contributed by atoms with Gasteiger partial charge in [-0.15, -0.1) is 0 Å². The molecule has 152 valence electrons. The highest BCUT2D eigenvalue weighted by molar-refractivity contribution is 5.95. The number of rotatable bonds is 7. The van der Waals surface area contributed by atoms with Gasteiger partial charge in [-0.05, 0) is 67.9 Å². The first kappa shape index (κ1) is 21.9. The van der Waals surface area contributed by atoms with Crippen molar-refractivity contribution in [3.63, 3.8) is 0 Å². The monoisotopic (exact) mass is 383 g/mol. The molecule has 0 aliphatic rings. The van der Waals surface area contributed by atoms with E-state index in [4.69, 9.17) is 4.42 Å². The van der Waals surface area contributed by atoms with Crippen molar-refractivity contribution in [3.8, 4) is 0 Å². The summed E-state index contributed by atoms with van der Waals surface area (Å²) in [6.07, 6.45) is 1.67. The van der Waals surface area contributed by atoms with E-state index in [1.165, 1.54) is 29.2 Å². The first-order valence-electron chi connectivity index (χ1n) is 9.96. The van der Waals surface area contributed by atoms with Crippen molar-refractivity contribution in [2.24, 2.45) is 0 Å². The minimum Gasteiger partial charge on any atom is -0.466 e. The summed E-state index contributed by atoms with van der Waals surface area (Å²) in [6, 6.07) is 6.26. The molecule has 0 radical (unpaired) electrons. The highest BCUT2D eigenvalue weighted by Gasteiger charge is 2.16. The summed E-state index contributed by atoms with van der Waals surface area (Å²) >= 11 is 0. The molecule has 0 aliphatic carbocycles. The van der Waals surface area contributed by atoms with Crippen LogP contribution >= 0.6 is 0 Å². The van der Waals surface area contributed by atoms with Crippen molar-refractivity contribution in [2.75, 3.05) is 6.54 Å². The summed E-state index contributed by atoms with van der Waals surface area (Å²) in [5.41, 5.74) is 5.94. The summed E-state index contributed by atoms with van der Waals surface area (Å²) in [5, 5.41) is 3.00. The molecule has 0 fully saturated rings. The second-order valence-corrected chi connectivity index (χ2v) is 8.68. The number of carbonyl (C=O) groups excluding carboxylic acids is 2. The predicted octanol–water partition coefficient (Wildman–Crippen LogP) is 5.00. The summed E-state index contributed by atoms with van der Waals surface area (Å²) in [7, 11) is 0. The molecule has 0 unspecified atom stereocenters. The topological polar surface area (TPSA) is 59.3 Å². The van der Waals surface area contributed by atoms with Gasteiger partial charge in [-0.2, -0.15) is 0 Å². The van der Waals surface area contributed by atoms with Crippen LogP contribution in [0.15, 0.2) is 22.6 Å². The number of furan rings is 1. The average molecular weight is 384 g/mol. The standard InChI is InChI=1S/C24H33NO3/c1-15-12-19(24(5,6)7)13-16(2)21(15)10-11-25-23(27)9-8-20-14-22(17(3)26)18(4)28-20/h12-14H,8-11H2,1-7H3,(H,25,27). The maximum atomic E-state index is 12.2. The number of hydrogen-bond acceptors (Lipinski definition) is 3. The van der Waals surface area contributed by atoms with Crippen molar-refractivity contribution in [2.45, 2.75) is 73.1 Å². The van der Waals surface area contributed by atoms with Crippen molar-refractivity contribution < 1.29 is 14.0 Å². The largest absolute Gasteiger partial charge is 0.466 e. The molecular formula is C24H33NO3. The lowest BCUT2D eigenvalue weighted by Gasteiger charge is -2.22. The molecule has 1 N–H and O–H groups in total. The Morgan fingerprint density at radius 1 is 1.00 bits per heavy atom. The highest BCUT2D eigenvalue weighted by Crippen LogP contribution is 2.27. The first-order chi connectivity index (χ1) is 13.0. The van der Waals surface area contributed by atoms with Crippen LogP contribution in [0.3, 0.4) is 0 Å². The molecule has 0 saturated carbocycles. The number of amides is 1. The van der Waals surface area contributed by atoms with Gasteiger partial charge in [0.1, 0.15) is 11.5 Å². The quantitative estimate of drug-likeness (QED) is 0.685. The maximum absolute atomic E-state index is 12.2. The fourth-order valence-electron chi connectivity index (χ4n) is 3.49. The van der Waals surface area contributed by atoms with Crippen LogP contribution in [0.4, 0.5) is 0 Å². The van der Waals surface area contributed by atoms with E-state index < -0.39 is 0 Å². The maximum Gasteiger partial charge on any atom is 0.220 e. The van der Waals surface area contributed by atoms with Gasteiger partial charge in [-0.1, -0.05) is 32.9 Å². The van der Waals surface area contributed by atoms with Gasteiger partial charge in [-0.3, -0.25) is 9.59 Å². The van der Waals surface area contributed by atoms with Crippen LogP contribution in [-0.2, 0) is 23.1 Å². The Morgan fingerprint density at radius 3 is 2.11 bits per heavy atom. The zero-order chi connectivity index (χ0) is 21.1. The van der Waals surface area contributed by atoms with Gasteiger partial charge < -0.3 is 9.73 Å². The number of carbonyl (C=O) groups is 2. The molecule has 0 spiro atoms. The third-order valence-electron chi connectivity index (χ3n) is 5.21. The summed E-state index contributed by atoms with van der Waals surface area (Å²) in [5.74, 6) is 1.29. The van der Waals surface area contributed by atoms with Crippen LogP contribution in [0.5, 0.6) is 0 Å². The fourth-order valence-corrected chi connectivity index (χ4v) is 3.49. The van der Waals surface area contributed by atoms with Gasteiger partial charge in [0.2, 0.25) is 5.91 Å². The lowest BCUT2D eigenvalue weighted by Crippen LogP contribution is -2.26. The van der Waals surface area contributed by atoms with E-state index in [-0.39, 0.29) is 17.1 Å². The van der Waals surface area contributed by atoms with Gasteiger partial charge in [0.25, 0.3) is 0 Å². The number of aryl methyl sites for hydroxylation is 4. The van der Waals surface area contributed by atoms with E-state index in [1.54, 1.807) is 13.0 Å². The Morgan fingerprint density at radius 2 is 1.61 bits per heavy atom. The number of hydrogen-bond donors (Lipinski definition) is 1. The molecule has 0 atom stereocenters. The van der Waals surface area contributed by atoms with Crippen LogP contribution in [0, 0.1) is 20.8 Å². The Kier molecular flexibility index (Phi) is 6.87. The van der Waals surface area contributed by atoms with Crippen LogP contribution in [-0.4, -0.2) is 18.2 Å². The molecule has 2 rings (SSSR count). The molecule has 2 aromatic rings. The molecule has 0 saturated heterocycles. The van der Waals surface area contributed by atoms with Crippen LogP contribution < -0.4 is 5.32 Å². The highest BCUT2D eigenvalue weighted by atomic mass is 16.3. The molecular weight excluding hydrogens is 350 g/mol. The molecule has 4 heteroatoms. The molecule has 1 heterocycles. The molecule has 0 aliphatic heterocycles. The molecule has 1 aromatic heterocycles. The van der Waals surface area contributed by atoms with E-state index in [2.05, 4.69) is 52.1 Å². The summed E-state index contributed by atoms with van der Waals surface area (Å²) in [4.78, 5) is 23.7. The molecule has 1 amide bonds. The summed E-state index contributed by atoms with van der Waals surface area (Å²) in [6.45, 7) is 14.9. The Bertz CT molecular complexity index is 845. The average Bonchev–Trinajstić information content (AvgIpc) is 2.95. The lowest BCUT2D eigenvalue weighted by molar-refractivity contribution is -0.121. The number of ketones is 1. The Hall–Kier alpha value is -2.36. The van der Waals surface area contributed by atoms with Crippen molar-refractivity contribution in [1.82, 2.24) is 5.32 Å². The number of benzene rings is 1. The zero-order valence-electron chi connectivity index (χ0n) is 18.3. The first-order valence-corrected chi connectivity index (χ1v) is 9.96. The SMILES string of the molecule is CC(=O)c1cc(CCC(=O)NCCc2c(C)cc(C(C)(C)C)cc2C)oc1C. The van der Waals surface area contributed by atoms with Gasteiger partial charge in [0, 0.05) is 19.4 Å².